The molecule has 0 fully saturated rings. The highest BCUT2D eigenvalue weighted by Gasteiger charge is 2.14. The molecular formula is C24H26N4O4S. The average Bonchev–Trinajstić information content (AvgIpc) is 2.78. The minimum atomic E-state index is -0.334. The second kappa shape index (κ2) is 11.4. The number of ketones is 1. The molecule has 0 radical (unpaired) electrons. The van der Waals surface area contributed by atoms with Gasteiger partial charge in [-0.05, 0) is 49.2 Å². The molecule has 0 atom stereocenters. The van der Waals surface area contributed by atoms with E-state index in [1.54, 1.807) is 47.0 Å². The Bertz CT molecular complexity index is 1220. The van der Waals surface area contributed by atoms with Crippen LogP contribution in [0.1, 0.15) is 43.0 Å². The molecule has 172 valence electrons. The number of Topliss-reactive ketones (excluding diaryl/α,β-unsaturated/α-hetero) is 1. The number of benzene rings is 2. The maximum Gasteiger partial charge on any atom is 0.262 e. The highest BCUT2D eigenvalue weighted by Crippen LogP contribution is 2.20. The quantitative estimate of drug-likeness (QED) is 0.193. The summed E-state index contributed by atoms with van der Waals surface area (Å²) in [7, 11) is 0. The Balaban J connectivity index is 1.75. The first-order chi connectivity index (χ1) is 15.8. The summed E-state index contributed by atoms with van der Waals surface area (Å²) < 4.78 is 1.60. The van der Waals surface area contributed by atoms with Gasteiger partial charge >= 0.3 is 0 Å². The summed E-state index contributed by atoms with van der Waals surface area (Å²) in [6.07, 6.45) is 2.44. The van der Waals surface area contributed by atoms with Gasteiger partial charge < -0.3 is 11.1 Å². The minimum absolute atomic E-state index is 0.107. The van der Waals surface area contributed by atoms with Crippen LogP contribution in [0, 0.1) is 0 Å². The number of fused-ring (bicyclic) bond motifs is 1. The number of rotatable bonds is 11. The summed E-state index contributed by atoms with van der Waals surface area (Å²) in [4.78, 5) is 52.5. The fourth-order valence-corrected chi connectivity index (χ4v) is 4.28. The minimum Gasteiger partial charge on any atom is -0.370 e. The maximum absolute atomic E-state index is 13.1. The van der Waals surface area contributed by atoms with Gasteiger partial charge in [-0.1, -0.05) is 30.3 Å². The average molecular weight is 467 g/mol. The molecule has 33 heavy (non-hydrogen) atoms. The van der Waals surface area contributed by atoms with E-state index in [1.807, 2.05) is 6.07 Å². The molecule has 0 aliphatic heterocycles. The van der Waals surface area contributed by atoms with Crippen molar-refractivity contribution >= 4 is 45.9 Å². The number of nitrogens with one attached hydrogen (secondary N) is 1. The Kier molecular flexibility index (Phi) is 8.37. The van der Waals surface area contributed by atoms with Crippen LogP contribution in [0.25, 0.3) is 10.9 Å². The first-order valence-electron chi connectivity index (χ1n) is 10.7. The molecule has 0 saturated carbocycles. The highest BCUT2D eigenvalue weighted by atomic mass is 32.2. The SMILES string of the molecule is CC(=O)Nc1ccc(C(=O)CSc2nc3ccccc3c(=O)n2CCCCCC(N)=O)cc1. The van der Waals surface area contributed by atoms with Crippen LogP contribution in [0.3, 0.4) is 0 Å². The number of primary amides is 1. The number of thioether (sulfide) groups is 1. The molecule has 0 saturated heterocycles. The van der Waals surface area contributed by atoms with E-state index in [9.17, 15) is 19.2 Å². The number of unbranched alkanes of at least 4 members (excludes halogenated alkanes) is 2. The van der Waals surface area contributed by atoms with E-state index in [-0.39, 0.29) is 28.9 Å². The van der Waals surface area contributed by atoms with Crippen molar-refractivity contribution in [3.8, 4) is 0 Å². The van der Waals surface area contributed by atoms with Crippen LogP contribution in [0.5, 0.6) is 0 Å². The Hall–Kier alpha value is -3.46. The fraction of sp³-hybridized carbons (Fsp3) is 0.292. The van der Waals surface area contributed by atoms with Crippen molar-refractivity contribution in [1.82, 2.24) is 9.55 Å². The highest BCUT2D eigenvalue weighted by molar-refractivity contribution is 7.99. The van der Waals surface area contributed by atoms with E-state index in [2.05, 4.69) is 10.3 Å². The van der Waals surface area contributed by atoms with E-state index >= 15 is 0 Å². The van der Waals surface area contributed by atoms with Crippen molar-refractivity contribution < 1.29 is 14.4 Å². The van der Waals surface area contributed by atoms with Crippen molar-refractivity contribution in [2.24, 2.45) is 5.73 Å². The van der Waals surface area contributed by atoms with E-state index in [0.29, 0.717) is 53.1 Å². The van der Waals surface area contributed by atoms with Gasteiger partial charge in [0.15, 0.2) is 10.9 Å². The lowest BCUT2D eigenvalue weighted by atomic mass is 10.1. The number of nitrogens with two attached hydrogens (primary N) is 1. The lowest BCUT2D eigenvalue weighted by Gasteiger charge is -2.13. The van der Waals surface area contributed by atoms with Crippen LogP contribution in [-0.4, -0.2) is 32.9 Å². The maximum atomic E-state index is 13.1. The molecule has 2 amide bonds. The van der Waals surface area contributed by atoms with Gasteiger partial charge in [0.05, 0.1) is 16.7 Å². The molecule has 2 aromatic carbocycles. The third-order valence-electron chi connectivity index (χ3n) is 4.99. The number of carbonyl (C=O) groups excluding carboxylic acids is 3. The van der Waals surface area contributed by atoms with E-state index in [1.165, 1.54) is 18.7 Å². The fourth-order valence-electron chi connectivity index (χ4n) is 3.36. The summed E-state index contributed by atoms with van der Waals surface area (Å²) in [6, 6.07) is 13.8. The van der Waals surface area contributed by atoms with Gasteiger partial charge in [-0.3, -0.25) is 23.7 Å². The van der Waals surface area contributed by atoms with Gasteiger partial charge in [0.25, 0.3) is 5.56 Å². The van der Waals surface area contributed by atoms with Crippen molar-refractivity contribution in [1.29, 1.82) is 0 Å². The Morgan fingerprint density at radius 1 is 1.03 bits per heavy atom. The van der Waals surface area contributed by atoms with E-state index < -0.39 is 0 Å². The Morgan fingerprint density at radius 3 is 2.45 bits per heavy atom. The summed E-state index contributed by atoms with van der Waals surface area (Å²) in [5, 5.41) is 3.67. The topological polar surface area (TPSA) is 124 Å². The van der Waals surface area contributed by atoms with Crippen LogP contribution < -0.4 is 16.6 Å². The third-order valence-corrected chi connectivity index (χ3v) is 5.97. The zero-order valence-electron chi connectivity index (χ0n) is 18.4. The van der Waals surface area contributed by atoms with Crippen molar-refractivity contribution in [2.75, 3.05) is 11.1 Å². The summed E-state index contributed by atoms with van der Waals surface area (Å²) in [5.74, 6) is -0.504. The first kappa shape index (κ1) is 24.2. The number of carbonyl (C=O) groups is 3. The molecule has 0 aliphatic rings. The Morgan fingerprint density at radius 2 is 1.76 bits per heavy atom. The molecule has 1 heterocycles. The van der Waals surface area contributed by atoms with Crippen LogP contribution >= 0.6 is 11.8 Å². The summed E-state index contributed by atoms with van der Waals surface area (Å²) in [6.45, 7) is 1.86. The zero-order valence-corrected chi connectivity index (χ0v) is 19.2. The number of amides is 2. The second-order valence-corrected chi connectivity index (χ2v) is 8.56. The molecule has 3 rings (SSSR count). The lowest BCUT2D eigenvalue weighted by molar-refractivity contribution is -0.118. The molecule has 0 aliphatic carbocycles. The lowest BCUT2D eigenvalue weighted by Crippen LogP contribution is -2.24. The molecule has 3 aromatic rings. The number of anilines is 1. The third kappa shape index (κ3) is 6.76. The normalized spacial score (nSPS) is 10.8. The predicted octanol–water partition coefficient (Wildman–Crippen LogP) is 3.38. The molecule has 0 bridgehead atoms. The van der Waals surface area contributed by atoms with Crippen molar-refractivity contribution in [2.45, 2.75) is 44.3 Å². The molecule has 3 N–H and O–H groups in total. The number of nitrogens with zero attached hydrogens (tertiary/aromatic N) is 2. The summed E-state index contributed by atoms with van der Waals surface area (Å²) in [5.41, 5.74) is 6.75. The molecule has 1 aromatic heterocycles. The van der Waals surface area contributed by atoms with E-state index in [4.69, 9.17) is 5.73 Å². The monoisotopic (exact) mass is 466 g/mol. The number of hydrogen-bond donors (Lipinski definition) is 2. The van der Waals surface area contributed by atoms with Gasteiger partial charge in [-0.2, -0.15) is 0 Å². The molecule has 0 unspecified atom stereocenters. The van der Waals surface area contributed by atoms with Gasteiger partial charge in [-0.15, -0.1) is 0 Å². The second-order valence-electron chi connectivity index (χ2n) is 7.62. The largest absolute Gasteiger partial charge is 0.370 e. The molecule has 0 spiro atoms. The number of hydrogen-bond acceptors (Lipinski definition) is 6. The van der Waals surface area contributed by atoms with Gasteiger partial charge in [0, 0.05) is 31.1 Å². The van der Waals surface area contributed by atoms with Crippen molar-refractivity contribution in [3.63, 3.8) is 0 Å². The first-order valence-corrected chi connectivity index (χ1v) is 11.7. The van der Waals surface area contributed by atoms with Crippen molar-refractivity contribution in [3.05, 3.63) is 64.4 Å². The van der Waals surface area contributed by atoms with Crippen LogP contribution in [0.15, 0.2) is 58.5 Å². The number of para-hydroxylation sites is 1. The predicted molar refractivity (Wildman–Crippen MR) is 129 cm³/mol. The zero-order chi connectivity index (χ0) is 23.8. The van der Waals surface area contributed by atoms with Gasteiger partial charge in [0.1, 0.15) is 0 Å². The van der Waals surface area contributed by atoms with Crippen LogP contribution in [-0.2, 0) is 16.1 Å². The summed E-state index contributed by atoms with van der Waals surface area (Å²) >= 11 is 1.22. The molecule has 8 nitrogen and oxygen atoms in total. The van der Waals surface area contributed by atoms with Crippen LogP contribution in [0.4, 0.5) is 5.69 Å². The Labute approximate surface area is 195 Å². The smallest absolute Gasteiger partial charge is 0.262 e. The van der Waals surface area contributed by atoms with Gasteiger partial charge in [-0.25, -0.2) is 4.98 Å². The standard InChI is InChI=1S/C24H26N4O4S/c1-16(29)26-18-12-10-17(11-13-18)21(30)15-33-24-27-20-8-5-4-7-19(20)23(32)28(24)14-6-2-3-9-22(25)31/h4-5,7-8,10-13H,2-3,6,9,14-15H2,1H3,(H2,25,31)(H,26,29). The molecular weight excluding hydrogens is 440 g/mol. The van der Waals surface area contributed by atoms with Crippen LogP contribution in [0.2, 0.25) is 0 Å². The molecule has 9 heteroatoms. The number of aromatic nitrogens is 2. The van der Waals surface area contributed by atoms with Gasteiger partial charge in [0.2, 0.25) is 11.8 Å². The van der Waals surface area contributed by atoms with E-state index in [0.717, 1.165) is 6.42 Å².